The molecule has 1 aliphatic rings. The van der Waals surface area contributed by atoms with Gasteiger partial charge < -0.3 is 14.4 Å². The van der Waals surface area contributed by atoms with Crippen LogP contribution in [0.1, 0.15) is 24.6 Å². The van der Waals surface area contributed by atoms with Crippen LogP contribution in [0.2, 0.25) is 0 Å². The van der Waals surface area contributed by atoms with Crippen LogP contribution in [0.5, 0.6) is 5.75 Å². The summed E-state index contributed by atoms with van der Waals surface area (Å²) in [7, 11) is 0. The summed E-state index contributed by atoms with van der Waals surface area (Å²) in [5.41, 5.74) is 3.55. The summed E-state index contributed by atoms with van der Waals surface area (Å²) in [4.78, 5) is 9.24. The lowest BCUT2D eigenvalue weighted by atomic mass is 10.1. The van der Waals surface area contributed by atoms with Gasteiger partial charge in [-0.15, -0.1) is 0 Å². The molecule has 164 valence electrons. The number of ether oxygens (including phenoxy) is 1. The highest BCUT2D eigenvalue weighted by Crippen LogP contribution is 2.24. The van der Waals surface area contributed by atoms with Crippen molar-refractivity contribution in [2.45, 2.75) is 32.5 Å². The minimum absolute atomic E-state index is 0.203. The van der Waals surface area contributed by atoms with E-state index >= 15 is 0 Å². The molecule has 1 atom stereocenters. The molecule has 31 heavy (non-hydrogen) atoms. The van der Waals surface area contributed by atoms with Crippen LogP contribution >= 0.6 is 0 Å². The lowest BCUT2D eigenvalue weighted by Crippen LogP contribution is -2.52. The fourth-order valence-corrected chi connectivity index (χ4v) is 4.40. The number of nitrogens with zero attached hydrogens (tertiary/aromatic N) is 4. The van der Waals surface area contributed by atoms with Crippen molar-refractivity contribution in [3.05, 3.63) is 78.4 Å². The highest BCUT2D eigenvalue weighted by atomic mass is 16.5. The molecule has 2 aromatic heterocycles. The van der Waals surface area contributed by atoms with Gasteiger partial charge in [0.25, 0.3) is 0 Å². The summed E-state index contributed by atoms with van der Waals surface area (Å²) < 4.78 is 8.03. The van der Waals surface area contributed by atoms with Crippen molar-refractivity contribution >= 4 is 0 Å². The maximum Gasteiger partial charge on any atom is 0.123 e. The summed E-state index contributed by atoms with van der Waals surface area (Å²) in [5.74, 6) is 0.962. The monoisotopic (exact) mass is 420 g/mol. The van der Waals surface area contributed by atoms with Crippen molar-refractivity contribution in [1.29, 1.82) is 0 Å². The number of hydrogen-bond acceptors (Lipinski definition) is 5. The lowest BCUT2D eigenvalue weighted by molar-refractivity contribution is 0.0486. The van der Waals surface area contributed by atoms with E-state index in [-0.39, 0.29) is 6.61 Å². The Morgan fingerprint density at radius 3 is 2.77 bits per heavy atom. The highest BCUT2D eigenvalue weighted by Gasteiger charge is 2.27. The van der Waals surface area contributed by atoms with Gasteiger partial charge in [0.15, 0.2) is 0 Å². The molecule has 6 nitrogen and oxygen atoms in total. The van der Waals surface area contributed by atoms with E-state index in [2.05, 4.69) is 55.9 Å². The van der Waals surface area contributed by atoms with E-state index in [9.17, 15) is 5.11 Å². The number of aliphatic hydroxyl groups is 1. The third-order valence-corrected chi connectivity index (χ3v) is 5.94. The number of benzene rings is 1. The van der Waals surface area contributed by atoms with Gasteiger partial charge in [-0.05, 0) is 43.7 Å². The number of para-hydroxylation sites is 1. The molecule has 0 aliphatic carbocycles. The van der Waals surface area contributed by atoms with Crippen LogP contribution in [0.25, 0.3) is 5.69 Å². The third kappa shape index (κ3) is 5.34. The lowest BCUT2D eigenvalue weighted by Gasteiger charge is -2.41. The van der Waals surface area contributed by atoms with E-state index in [0.717, 1.165) is 50.6 Å². The van der Waals surface area contributed by atoms with Crippen LogP contribution in [-0.2, 0) is 13.1 Å². The Morgan fingerprint density at radius 1 is 1.06 bits per heavy atom. The van der Waals surface area contributed by atoms with Gasteiger partial charge in [0, 0.05) is 69.0 Å². The Hall–Kier alpha value is -2.67. The number of rotatable bonds is 9. The molecule has 3 heterocycles. The summed E-state index contributed by atoms with van der Waals surface area (Å²) in [5, 5.41) is 9.70. The molecule has 1 fully saturated rings. The van der Waals surface area contributed by atoms with Gasteiger partial charge in [-0.3, -0.25) is 14.8 Å². The van der Waals surface area contributed by atoms with Gasteiger partial charge >= 0.3 is 0 Å². The van der Waals surface area contributed by atoms with Crippen LogP contribution in [0, 0.1) is 0 Å². The first-order valence-corrected chi connectivity index (χ1v) is 11.1. The van der Waals surface area contributed by atoms with Crippen molar-refractivity contribution in [1.82, 2.24) is 19.4 Å². The van der Waals surface area contributed by atoms with E-state index in [1.165, 1.54) is 11.3 Å². The van der Waals surface area contributed by atoms with Crippen LogP contribution < -0.4 is 4.74 Å². The molecule has 1 aliphatic heterocycles. The Bertz CT molecular complexity index is 943. The molecule has 0 unspecified atom stereocenters. The number of aliphatic hydroxyl groups excluding tert-OH is 1. The first-order chi connectivity index (χ1) is 15.3. The second-order valence-corrected chi connectivity index (χ2v) is 7.99. The molecule has 4 rings (SSSR count). The van der Waals surface area contributed by atoms with Crippen molar-refractivity contribution < 1.29 is 9.84 Å². The van der Waals surface area contributed by atoms with Gasteiger partial charge in [0.05, 0.1) is 18.5 Å². The fourth-order valence-electron chi connectivity index (χ4n) is 4.40. The largest absolute Gasteiger partial charge is 0.494 e. The Morgan fingerprint density at radius 2 is 1.97 bits per heavy atom. The van der Waals surface area contributed by atoms with Gasteiger partial charge in [0.2, 0.25) is 0 Å². The number of hydrogen-bond donors (Lipinski definition) is 1. The van der Waals surface area contributed by atoms with Crippen molar-refractivity contribution in [2.24, 2.45) is 0 Å². The molecular formula is C25H32N4O2. The maximum absolute atomic E-state index is 9.70. The second kappa shape index (κ2) is 10.6. The molecule has 0 amide bonds. The van der Waals surface area contributed by atoms with Crippen LogP contribution in [0.4, 0.5) is 0 Å². The predicted molar refractivity (Wildman–Crippen MR) is 122 cm³/mol. The van der Waals surface area contributed by atoms with Crippen molar-refractivity contribution in [3.63, 3.8) is 0 Å². The second-order valence-electron chi connectivity index (χ2n) is 7.99. The minimum Gasteiger partial charge on any atom is -0.494 e. The standard InChI is InChI=1S/C25H32N4O2/c1-2-31-25-10-4-3-7-21(25)18-28-15-14-27(19-23(28)11-16-30)20-24-9-6-13-29(24)22-8-5-12-26-17-22/h3-10,12-13,17,23,30H,2,11,14-16,18-20H2,1H3/t23-/m1/s1. The van der Waals surface area contributed by atoms with Gasteiger partial charge in [-0.2, -0.15) is 0 Å². The molecule has 0 spiro atoms. The number of aromatic nitrogens is 2. The van der Waals surface area contributed by atoms with Gasteiger partial charge in [-0.25, -0.2) is 0 Å². The molecule has 0 saturated carbocycles. The first-order valence-electron chi connectivity index (χ1n) is 11.1. The van der Waals surface area contributed by atoms with Gasteiger partial charge in [-0.1, -0.05) is 18.2 Å². The van der Waals surface area contributed by atoms with Crippen molar-refractivity contribution in [3.8, 4) is 11.4 Å². The summed E-state index contributed by atoms with van der Waals surface area (Å²) >= 11 is 0. The number of pyridine rings is 1. The predicted octanol–water partition coefficient (Wildman–Crippen LogP) is 3.34. The molecule has 1 saturated heterocycles. The minimum atomic E-state index is 0.203. The van der Waals surface area contributed by atoms with Crippen LogP contribution in [-0.4, -0.2) is 63.3 Å². The quantitative estimate of drug-likeness (QED) is 0.575. The molecular weight excluding hydrogens is 388 g/mol. The SMILES string of the molecule is CCOc1ccccc1CN1CCN(Cc2cccn2-c2cccnc2)C[C@H]1CCO. The van der Waals surface area contributed by atoms with E-state index in [0.29, 0.717) is 12.6 Å². The average Bonchev–Trinajstić information content (AvgIpc) is 3.26. The molecule has 3 aromatic rings. The normalized spacial score (nSPS) is 17.7. The fraction of sp³-hybridized carbons (Fsp3) is 0.400. The maximum atomic E-state index is 9.70. The molecule has 0 radical (unpaired) electrons. The highest BCUT2D eigenvalue weighted by molar-refractivity contribution is 5.34. The molecule has 0 bridgehead atoms. The van der Waals surface area contributed by atoms with E-state index in [4.69, 9.17) is 4.74 Å². The Balaban J connectivity index is 1.44. The first kappa shape index (κ1) is 21.6. The van der Waals surface area contributed by atoms with E-state index in [1.54, 1.807) is 6.20 Å². The number of piperazine rings is 1. The Labute approximate surface area is 184 Å². The smallest absolute Gasteiger partial charge is 0.123 e. The zero-order valence-electron chi connectivity index (χ0n) is 18.2. The zero-order valence-corrected chi connectivity index (χ0v) is 18.2. The molecule has 1 aromatic carbocycles. The van der Waals surface area contributed by atoms with E-state index in [1.807, 2.05) is 31.3 Å². The van der Waals surface area contributed by atoms with Gasteiger partial charge in [0.1, 0.15) is 5.75 Å². The third-order valence-electron chi connectivity index (χ3n) is 5.94. The molecule has 6 heteroatoms. The molecule has 1 N–H and O–H groups in total. The topological polar surface area (TPSA) is 53.8 Å². The summed E-state index contributed by atoms with van der Waals surface area (Å²) in [6.45, 7) is 7.53. The summed E-state index contributed by atoms with van der Waals surface area (Å²) in [6.07, 6.45) is 6.57. The van der Waals surface area contributed by atoms with Crippen LogP contribution in [0.3, 0.4) is 0 Å². The Kier molecular flexibility index (Phi) is 7.35. The van der Waals surface area contributed by atoms with E-state index < -0.39 is 0 Å². The summed E-state index contributed by atoms with van der Waals surface area (Å²) in [6, 6.07) is 16.9. The van der Waals surface area contributed by atoms with Crippen LogP contribution in [0.15, 0.2) is 67.1 Å². The average molecular weight is 421 g/mol. The zero-order chi connectivity index (χ0) is 21.5. The van der Waals surface area contributed by atoms with Crippen molar-refractivity contribution in [2.75, 3.05) is 32.8 Å².